The first-order chi connectivity index (χ1) is 17.3. The third kappa shape index (κ3) is 4.55. The molecule has 36 heavy (non-hydrogen) atoms. The van der Waals surface area contributed by atoms with Gasteiger partial charge in [-0.25, -0.2) is 18.7 Å². The summed E-state index contributed by atoms with van der Waals surface area (Å²) in [6, 6.07) is 7.45. The van der Waals surface area contributed by atoms with Crippen LogP contribution < -0.4 is 21.3 Å². The number of aromatic amines is 1. The smallest absolute Gasteiger partial charge is 0.254 e. The second-order valence-electron chi connectivity index (χ2n) is 8.30. The van der Waals surface area contributed by atoms with Gasteiger partial charge in [0.2, 0.25) is 0 Å². The summed E-state index contributed by atoms with van der Waals surface area (Å²) in [5.41, 5.74) is 7.41. The predicted octanol–water partition coefficient (Wildman–Crippen LogP) is 4.39. The highest BCUT2D eigenvalue weighted by atomic mass is 35.5. The summed E-state index contributed by atoms with van der Waals surface area (Å²) in [6.45, 7) is 2.23. The van der Waals surface area contributed by atoms with Crippen molar-refractivity contribution in [1.29, 1.82) is 0 Å². The number of aromatic nitrogens is 3. The lowest BCUT2D eigenvalue weighted by molar-refractivity contribution is 0.100. The van der Waals surface area contributed by atoms with Crippen LogP contribution in [-0.4, -0.2) is 47.0 Å². The van der Waals surface area contributed by atoms with E-state index in [1.807, 2.05) is 0 Å². The molecule has 0 unspecified atom stereocenters. The Balaban J connectivity index is 1.58. The van der Waals surface area contributed by atoms with E-state index in [2.05, 4.69) is 25.6 Å². The molecule has 1 aliphatic heterocycles. The van der Waals surface area contributed by atoms with E-state index in [9.17, 15) is 4.79 Å². The van der Waals surface area contributed by atoms with Gasteiger partial charge in [-0.1, -0.05) is 29.3 Å². The van der Waals surface area contributed by atoms with Crippen LogP contribution in [0.3, 0.4) is 0 Å². The Labute approximate surface area is 214 Å². The van der Waals surface area contributed by atoms with Gasteiger partial charge in [-0.2, -0.15) is 0 Å². The molecule has 0 aliphatic carbocycles. The van der Waals surface area contributed by atoms with Crippen LogP contribution in [0.2, 0.25) is 10.0 Å². The number of carbonyl (C=O) groups is 1. The molecule has 1 fully saturated rings. The van der Waals surface area contributed by atoms with Gasteiger partial charge < -0.3 is 26.3 Å². The number of benzene rings is 2. The fraction of sp³-hybridized carbons (Fsp3) is 0.208. The molecule has 2 aromatic heterocycles. The van der Waals surface area contributed by atoms with E-state index in [1.165, 1.54) is 6.33 Å². The molecule has 5 N–H and O–H groups in total. The van der Waals surface area contributed by atoms with Crippen molar-refractivity contribution in [3.63, 3.8) is 0 Å². The molecule has 0 bridgehead atoms. The lowest BCUT2D eigenvalue weighted by Crippen LogP contribution is -2.44. The number of piperazine rings is 1. The zero-order chi connectivity index (χ0) is 25.4. The maximum absolute atomic E-state index is 15.0. The van der Waals surface area contributed by atoms with E-state index in [-0.39, 0.29) is 34.7 Å². The molecule has 12 heteroatoms. The second kappa shape index (κ2) is 9.88. The molecule has 186 valence electrons. The van der Waals surface area contributed by atoms with Crippen molar-refractivity contribution < 1.29 is 13.6 Å². The van der Waals surface area contributed by atoms with Crippen molar-refractivity contribution in [2.24, 2.45) is 5.73 Å². The number of hydrogen-bond acceptors (Lipinski definition) is 6. The van der Waals surface area contributed by atoms with E-state index in [0.717, 1.165) is 12.1 Å². The van der Waals surface area contributed by atoms with Gasteiger partial charge in [-0.15, -0.1) is 0 Å². The van der Waals surface area contributed by atoms with Crippen LogP contribution in [0, 0.1) is 11.6 Å². The largest absolute Gasteiger partial charge is 0.365 e. The van der Waals surface area contributed by atoms with Gasteiger partial charge in [-0.3, -0.25) is 4.79 Å². The average molecular weight is 532 g/mol. The highest BCUT2D eigenvalue weighted by Gasteiger charge is 2.24. The topological polar surface area (TPSA) is 112 Å². The minimum atomic E-state index is -0.803. The molecule has 2 aromatic carbocycles. The van der Waals surface area contributed by atoms with Gasteiger partial charge >= 0.3 is 0 Å². The third-order valence-electron chi connectivity index (χ3n) is 6.01. The normalized spacial score (nSPS) is 13.8. The monoisotopic (exact) mass is 531 g/mol. The lowest BCUT2D eigenvalue weighted by atomic mass is 10.1. The van der Waals surface area contributed by atoms with Crippen LogP contribution in [0.4, 0.5) is 26.0 Å². The molecule has 4 aromatic rings. The number of pyridine rings is 1. The molecular weight excluding hydrogens is 511 g/mol. The summed E-state index contributed by atoms with van der Waals surface area (Å²) in [5.74, 6) is -2.26. The summed E-state index contributed by atoms with van der Waals surface area (Å²) in [4.78, 5) is 25.8. The number of nitrogens with zero attached hydrogens (tertiary/aromatic N) is 3. The van der Waals surface area contributed by atoms with Crippen molar-refractivity contribution in [3.05, 3.63) is 75.2 Å². The second-order valence-corrected chi connectivity index (χ2v) is 9.11. The minimum absolute atomic E-state index is 0.00833. The lowest BCUT2D eigenvalue weighted by Gasteiger charge is -2.30. The van der Waals surface area contributed by atoms with Gasteiger partial charge in [0.15, 0.2) is 11.6 Å². The van der Waals surface area contributed by atoms with Crippen LogP contribution in [-0.2, 0) is 6.42 Å². The number of fused-ring (bicyclic) bond motifs is 1. The summed E-state index contributed by atoms with van der Waals surface area (Å²) < 4.78 is 30.0. The van der Waals surface area contributed by atoms with Crippen LogP contribution in [0.15, 0.2) is 36.7 Å². The van der Waals surface area contributed by atoms with Crippen molar-refractivity contribution >= 4 is 57.3 Å². The summed E-state index contributed by atoms with van der Waals surface area (Å²) in [6.07, 6.45) is 1.61. The van der Waals surface area contributed by atoms with Crippen molar-refractivity contribution in [2.75, 3.05) is 36.4 Å². The van der Waals surface area contributed by atoms with Gasteiger partial charge in [0.1, 0.15) is 22.6 Å². The van der Waals surface area contributed by atoms with Crippen molar-refractivity contribution in [1.82, 2.24) is 20.3 Å². The predicted molar refractivity (Wildman–Crippen MR) is 136 cm³/mol. The minimum Gasteiger partial charge on any atom is -0.365 e. The quantitative estimate of drug-likeness (QED) is 0.293. The van der Waals surface area contributed by atoms with Gasteiger partial charge in [-0.05, 0) is 29.8 Å². The number of amides is 1. The Morgan fingerprint density at radius 1 is 1.14 bits per heavy atom. The standard InChI is InChI=1S/C24H21Cl2F2N7O/c25-14-2-1-3-15(26)13(14)10-18-20-21(32-11-31-20)19(23(29)36)24(34-18)33-12-8-16(27)22(17(28)9-12)35-6-4-30-5-7-35/h1-3,8-9,11,30H,4-7,10H2,(H2,29,36)(H,31,32)(H,33,34). The number of imidazole rings is 1. The Morgan fingerprint density at radius 2 is 1.81 bits per heavy atom. The third-order valence-corrected chi connectivity index (χ3v) is 6.72. The number of halogens is 4. The van der Waals surface area contributed by atoms with E-state index in [0.29, 0.717) is 53.0 Å². The Hall–Kier alpha value is -3.47. The van der Waals surface area contributed by atoms with Gasteiger partial charge in [0.25, 0.3) is 5.91 Å². The summed E-state index contributed by atoms with van der Waals surface area (Å²) in [5, 5.41) is 6.90. The van der Waals surface area contributed by atoms with E-state index >= 15 is 8.78 Å². The first-order valence-electron chi connectivity index (χ1n) is 11.1. The molecule has 0 radical (unpaired) electrons. The maximum atomic E-state index is 15.0. The molecule has 1 aliphatic rings. The van der Waals surface area contributed by atoms with Crippen molar-refractivity contribution in [2.45, 2.75) is 6.42 Å². The summed E-state index contributed by atoms with van der Waals surface area (Å²) in [7, 11) is 0. The van der Waals surface area contributed by atoms with Crippen LogP contribution in [0.5, 0.6) is 0 Å². The SMILES string of the molecule is NC(=O)c1c(Nc2cc(F)c(N3CCNCC3)c(F)c2)nc(Cc2c(Cl)cccc2Cl)c2[nH]cnc12. The molecule has 3 heterocycles. The summed E-state index contributed by atoms with van der Waals surface area (Å²) >= 11 is 12.7. The Kier molecular flexibility index (Phi) is 6.65. The molecule has 0 atom stereocenters. The number of hydrogen-bond donors (Lipinski definition) is 4. The molecular formula is C24H21Cl2F2N7O. The number of nitrogens with two attached hydrogens (primary N) is 1. The van der Waals surface area contributed by atoms with Crippen LogP contribution >= 0.6 is 23.2 Å². The number of rotatable bonds is 6. The maximum Gasteiger partial charge on any atom is 0.254 e. The number of anilines is 3. The van der Waals surface area contributed by atoms with Gasteiger partial charge in [0, 0.05) is 48.3 Å². The molecule has 5 rings (SSSR count). The van der Waals surface area contributed by atoms with E-state index < -0.39 is 17.5 Å². The number of primary amides is 1. The zero-order valence-electron chi connectivity index (χ0n) is 18.8. The van der Waals surface area contributed by atoms with Crippen molar-refractivity contribution in [3.8, 4) is 0 Å². The fourth-order valence-electron chi connectivity index (χ4n) is 4.35. The van der Waals surface area contributed by atoms with E-state index in [4.69, 9.17) is 28.9 Å². The number of nitrogens with one attached hydrogen (secondary N) is 3. The van der Waals surface area contributed by atoms with Gasteiger partial charge in [0.05, 0.1) is 17.5 Å². The highest BCUT2D eigenvalue weighted by molar-refractivity contribution is 6.36. The molecule has 1 saturated heterocycles. The number of carbonyl (C=O) groups excluding carboxylic acids is 1. The van der Waals surface area contributed by atoms with Crippen LogP contribution in [0.1, 0.15) is 21.6 Å². The van der Waals surface area contributed by atoms with Crippen LogP contribution in [0.25, 0.3) is 11.0 Å². The first kappa shape index (κ1) is 24.2. The average Bonchev–Trinajstić information content (AvgIpc) is 3.31. The molecule has 1 amide bonds. The molecule has 0 saturated carbocycles. The Morgan fingerprint density at radius 3 is 2.44 bits per heavy atom. The zero-order valence-corrected chi connectivity index (χ0v) is 20.4. The molecule has 0 spiro atoms. The molecule has 8 nitrogen and oxygen atoms in total. The fourth-order valence-corrected chi connectivity index (χ4v) is 4.88. The Bertz CT molecular complexity index is 1430. The highest BCUT2D eigenvalue weighted by Crippen LogP contribution is 2.33. The van der Waals surface area contributed by atoms with E-state index in [1.54, 1.807) is 23.1 Å². The number of H-pyrrole nitrogens is 1. The first-order valence-corrected chi connectivity index (χ1v) is 11.9.